The van der Waals surface area contributed by atoms with Crippen molar-refractivity contribution in [1.29, 1.82) is 0 Å². The zero-order valence-corrected chi connectivity index (χ0v) is 16.8. The van der Waals surface area contributed by atoms with Gasteiger partial charge in [0, 0.05) is 25.8 Å². The number of nitrogens with zero attached hydrogens (tertiary/aromatic N) is 6. The summed E-state index contributed by atoms with van der Waals surface area (Å²) in [5.74, 6) is 3.21. The van der Waals surface area contributed by atoms with Gasteiger partial charge in [0.15, 0.2) is 5.82 Å². The van der Waals surface area contributed by atoms with Gasteiger partial charge in [0.2, 0.25) is 0 Å². The second-order valence-corrected chi connectivity index (χ2v) is 8.01. The fraction of sp³-hybridized carbons (Fsp3) is 0.600. The van der Waals surface area contributed by atoms with E-state index in [9.17, 15) is 4.79 Å². The molecule has 8 heteroatoms. The number of fused-ring (bicyclic) bond motifs is 1. The molecule has 4 heterocycles. The number of carbonyl (C=O) groups excluding carboxylic acids is 1. The minimum Gasteiger partial charge on any atom is -0.378 e. The molecular formula is C20H28N6O2. The van der Waals surface area contributed by atoms with Crippen molar-refractivity contribution in [3.8, 4) is 0 Å². The van der Waals surface area contributed by atoms with Crippen molar-refractivity contribution in [3.63, 3.8) is 0 Å². The predicted octanol–water partition coefficient (Wildman–Crippen LogP) is 2.06. The van der Waals surface area contributed by atoms with Crippen molar-refractivity contribution in [1.82, 2.24) is 24.6 Å². The van der Waals surface area contributed by atoms with E-state index in [4.69, 9.17) is 4.74 Å². The molecule has 1 saturated heterocycles. The number of morpholine rings is 1. The molecule has 1 amide bonds. The third-order valence-electron chi connectivity index (χ3n) is 5.43. The standard InChI is InChI=1S/C20H28N6O2/c1-14(2)10-17-12-25(13-19-23-22-15(3)26(17)19)20(27)16-4-5-18(21-11-16)24-6-8-28-9-7-24/h4-5,11,14,17H,6-10,12-13H2,1-3H3/t17-/m0/s1. The second-order valence-electron chi connectivity index (χ2n) is 8.01. The summed E-state index contributed by atoms with van der Waals surface area (Å²) in [7, 11) is 0. The van der Waals surface area contributed by atoms with Gasteiger partial charge in [-0.05, 0) is 31.4 Å². The largest absolute Gasteiger partial charge is 0.378 e. The summed E-state index contributed by atoms with van der Waals surface area (Å²) in [5.41, 5.74) is 0.616. The van der Waals surface area contributed by atoms with Crippen LogP contribution in [0.3, 0.4) is 0 Å². The normalized spacial score (nSPS) is 19.8. The summed E-state index contributed by atoms with van der Waals surface area (Å²) in [4.78, 5) is 21.7. The lowest BCUT2D eigenvalue weighted by molar-refractivity contribution is 0.0660. The molecule has 1 fully saturated rings. The van der Waals surface area contributed by atoms with E-state index in [-0.39, 0.29) is 11.9 Å². The fourth-order valence-corrected chi connectivity index (χ4v) is 4.12. The molecule has 150 valence electrons. The van der Waals surface area contributed by atoms with Gasteiger partial charge in [-0.15, -0.1) is 10.2 Å². The average Bonchev–Trinajstić information content (AvgIpc) is 3.09. The van der Waals surface area contributed by atoms with Crippen LogP contribution in [0.1, 0.15) is 48.3 Å². The third-order valence-corrected chi connectivity index (χ3v) is 5.43. The molecule has 0 unspecified atom stereocenters. The van der Waals surface area contributed by atoms with Crippen molar-refractivity contribution >= 4 is 11.7 Å². The highest BCUT2D eigenvalue weighted by molar-refractivity contribution is 5.94. The molecule has 0 aliphatic carbocycles. The maximum absolute atomic E-state index is 13.1. The van der Waals surface area contributed by atoms with E-state index < -0.39 is 0 Å². The fourth-order valence-electron chi connectivity index (χ4n) is 4.12. The van der Waals surface area contributed by atoms with Crippen LogP contribution in [0.15, 0.2) is 18.3 Å². The lowest BCUT2D eigenvalue weighted by Gasteiger charge is -2.35. The Morgan fingerprint density at radius 1 is 1.25 bits per heavy atom. The number of rotatable bonds is 4. The zero-order chi connectivity index (χ0) is 19.7. The van der Waals surface area contributed by atoms with E-state index in [1.807, 2.05) is 24.0 Å². The number of pyridine rings is 1. The minimum absolute atomic E-state index is 0.00156. The molecule has 2 aliphatic rings. The van der Waals surface area contributed by atoms with Crippen molar-refractivity contribution < 1.29 is 9.53 Å². The average molecular weight is 384 g/mol. The van der Waals surface area contributed by atoms with Crippen molar-refractivity contribution in [2.45, 2.75) is 39.8 Å². The molecule has 0 N–H and O–H groups in total. The van der Waals surface area contributed by atoms with Gasteiger partial charge < -0.3 is 19.1 Å². The molecule has 4 rings (SSSR count). The maximum atomic E-state index is 13.1. The van der Waals surface area contributed by atoms with Gasteiger partial charge in [-0.2, -0.15) is 0 Å². The summed E-state index contributed by atoms with van der Waals surface area (Å²) in [6.07, 6.45) is 2.68. The van der Waals surface area contributed by atoms with Crippen LogP contribution in [-0.2, 0) is 11.3 Å². The molecule has 0 saturated carbocycles. The van der Waals surface area contributed by atoms with E-state index in [1.165, 1.54) is 0 Å². The molecule has 2 aromatic heterocycles. The van der Waals surface area contributed by atoms with E-state index in [2.05, 4.69) is 38.5 Å². The quantitative estimate of drug-likeness (QED) is 0.803. The van der Waals surface area contributed by atoms with Gasteiger partial charge >= 0.3 is 0 Å². The number of carbonyl (C=O) groups is 1. The first kappa shape index (κ1) is 18.9. The Labute approximate surface area is 165 Å². The van der Waals surface area contributed by atoms with Crippen molar-refractivity contribution in [2.24, 2.45) is 5.92 Å². The number of aromatic nitrogens is 4. The zero-order valence-electron chi connectivity index (χ0n) is 16.8. The highest BCUT2D eigenvalue weighted by Crippen LogP contribution is 2.28. The molecule has 2 aliphatic heterocycles. The number of hydrogen-bond acceptors (Lipinski definition) is 6. The Morgan fingerprint density at radius 3 is 2.71 bits per heavy atom. The molecule has 0 radical (unpaired) electrons. The van der Waals surface area contributed by atoms with Crippen LogP contribution in [-0.4, -0.2) is 63.4 Å². The first-order chi connectivity index (χ1) is 13.5. The molecular weight excluding hydrogens is 356 g/mol. The van der Waals surface area contributed by atoms with E-state index >= 15 is 0 Å². The number of amides is 1. The summed E-state index contributed by atoms with van der Waals surface area (Å²) >= 11 is 0. The first-order valence-corrected chi connectivity index (χ1v) is 10.0. The Bertz CT molecular complexity index is 826. The SMILES string of the molecule is Cc1nnc2n1[C@@H](CC(C)C)CN(C(=O)c1ccc(N3CCOCC3)nc1)C2. The number of anilines is 1. The second kappa shape index (κ2) is 7.87. The molecule has 0 bridgehead atoms. The summed E-state index contributed by atoms with van der Waals surface area (Å²) in [5, 5.41) is 8.53. The molecule has 8 nitrogen and oxygen atoms in total. The van der Waals surface area contributed by atoms with Crippen LogP contribution in [0, 0.1) is 12.8 Å². The molecule has 28 heavy (non-hydrogen) atoms. The van der Waals surface area contributed by atoms with Crippen LogP contribution in [0.25, 0.3) is 0 Å². The van der Waals surface area contributed by atoms with Crippen LogP contribution in [0.5, 0.6) is 0 Å². The Morgan fingerprint density at radius 2 is 2.04 bits per heavy atom. The Balaban J connectivity index is 1.51. The Kier molecular flexibility index (Phi) is 5.30. The topological polar surface area (TPSA) is 76.4 Å². The molecule has 2 aromatic rings. The van der Waals surface area contributed by atoms with E-state index in [1.54, 1.807) is 6.20 Å². The van der Waals surface area contributed by atoms with Gasteiger partial charge in [-0.25, -0.2) is 4.98 Å². The van der Waals surface area contributed by atoms with Crippen LogP contribution in [0.2, 0.25) is 0 Å². The molecule has 0 aromatic carbocycles. The number of ether oxygens (including phenoxy) is 1. The lowest BCUT2D eigenvalue weighted by atomic mass is 10.0. The van der Waals surface area contributed by atoms with Gasteiger partial charge in [-0.3, -0.25) is 4.79 Å². The summed E-state index contributed by atoms with van der Waals surface area (Å²) in [6.45, 7) is 10.6. The number of aryl methyl sites for hydroxylation is 1. The van der Waals surface area contributed by atoms with Crippen LogP contribution in [0.4, 0.5) is 5.82 Å². The first-order valence-electron chi connectivity index (χ1n) is 10.0. The highest BCUT2D eigenvalue weighted by atomic mass is 16.5. The maximum Gasteiger partial charge on any atom is 0.255 e. The number of hydrogen-bond donors (Lipinski definition) is 0. The minimum atomic E-state index is 0.00156. The third kappa shape index (κ3) is 3.73. The lowest BCUT2D eigenvalue weighted by Crippen LogP contribution is -2.42. The van der Waals surface area contributed by atoms with E-state index in [0.29, 0.717) is 37.8 Å². The smallest absolute Gasteiger partial charge is 0.255 e. The van der Waals surface area contributed by atoms with Gasteiger partial charge in [-0.1, -0.05) is 13.8 Å². The van der Waals surface area contributed by atoms with Crippen LogP contribution >= 0.6 is 0 Å². The van der Waals surface area contributed by atoms with Crippen LogP contribution < -0.4 is 4.90 Å². The van der Waals surface area contributed by atoms with Crippen molar-refractivity contribution in [3.05, 3.63) is 35.5 Å². The van der Waals surface area contributed by atoms with Gasteiger partial charge in [0.25, 0.3) is 5.91 Å². The van der Waals surface area contributed by atoms with Gasteiger partial charge in [0.05, 0.1) is 31.4 Å². The Hall–Kier alpha value is -2.48. The summed E-state index contributed by atoms with van der Waals surface area (Å²) < 4.78 is 7.59. The highest BCUT2D eigenvalue weighted by Gasteiger charge is 2.31. The van der Waals surface area contributed by atoms with Gasteiger partial charge in [0.1, 0.15) is 11.6 Å². The monoisotopic (exact) mass is 384 g/mol. The molecule has 0 spiro atoms. The summed E-state index contributed by atoms with van der Waals surface area (Å²) in [6, 6.07) is 4.02. The van der Waals surface area contributed by atoms with Crippen molar-refractivity contribution in [2.75, 3.05) is 37.7 Å². The van der Waals surface area contributed by atoms with E-state index in [0.717, 1.165) is 37.0 Å². The molecule has 1 atom stereocenters. The predicted molar refractivity (Wildman–Crippen MR) is 105 cm³/mol.